The Hall–Kier alpha value is -2.27. The summed E-state index contributed by atoms with van der Waals surface area (Å²) in [6, 6.07) is 18.1. The molecule has 0 radical (unpaired) electrons. The summed E-state index contributed by atoms with van der Waals surface area (Å²) in [6.45, 7) is 2.77. The van der Waals surface area contributed by atoms with Crippen LogP contribution in [-0.4, -0.2) is 27.5 Å². The minimum atomic E-state index is 0.701. The van der Waals surface area contributed by atoms with Crippen molar-refractivity contribution in [3.05, 3.63) is 60.2 Å². The van der Waals surface area contributed by atoms with Gasteiger partial charge in [-0.15, -0.1) is 5.10 Å². The molecule has 0 spiro atoms. The van der Waals surface area contributed by atoms with Crippen molar-refractivity contribution in [3.63, 3.8) is 0 Å². The van der Waals surface area contributed by atoms with Crippen LogP contribution in [0.3, 0.4) is 0 Å². The molecular weight excluding hydrogens is 306 g/mol. The lowest BCUT2D eigenvalue weighted by atomic mass is 10.1. The van der Waals surface area contributed by atoms with E-state index in [1.165, 1.54) is 5.56 Å². The first kappa shape index (κ1) is 15.6. The van der Waals surface area contributed by atoms with Crippen LogP contribution in [0.4, 0.5) is 0 Å². The molecule has 23 heavy (non-hydrogen) atoms. The topological polar surface area (TPSA) is 50.8 Å². The molecule has 1 heterocycles. The number of hydrogen-bond acceptors (Lipinski definition) is 4. The molecule has 0 unspecified atom stereocenters. The highest BCUT2D eigenvalue weighted by atomic mass is 32.2. The highest BCUT2D eigenvalue weighted by Gasteiger charge is 2.05. The third-order valence-electron chi connectivity index (χ3n) is 3.32. The number of benzene rings is 2. The minimum absolute atomic E-state index is 0.701. The average molecular weight is 325 g/mol. The van der Waals surface area contributed by atoms with Gasteiger partial charge in [-0.05, 0) is 25.5 Å². The number of para-hydroxylation sites is 1. The van der Waals surface area contributed by atoms with E-state index in [0.717, 1.165) is 34.5 Å². The molecule has 118 valence electrons. The molecule has 2 aromatic carbocycles. The monoisotopic (exact) mass is 325 g/mol. The van der Waals surface area contributed by atoms with E-state index in [1.54, 1.807) is 11.8 Å². The summed E-state index contributed by atoms with van der Waals surface area (Å²) < 4.78 is 5.67. The number of thioether (sulfide) groups is 1. The van der Waals surface area contributed by atoms with Crippen LogP contribution >= 0.6 is 11.8 Å². The lowest BCUT2D eigenvalue weighted by Gasteiger charge is -2.04. The smallest absolute Gasteiger partial charge is 0.208 e. The fraction of sp³-hybridized carbons (Fsp3) is 0.222. The van der Waals surface area contributed by atoms with Crippen LogP contribution in [0.2, 0.25) is 0 Å². The SMILES string of the molecule is Cc1ccc(-c2nc(SCCCOc3ccccc3)n[nH]2)cc1. The van der Waals surface area contributed by atoms with Crippen molar-refractivity contribution in [1.82, 2.24) is 15.2 Å². The molecule has 3 rings (SSSR count). The van der Waals surface area contributed by atoms with Crippen molar-refractivity contribution < 1.29 is 4.74 Å². The predicted molar refractivity (Wildman–Crippen MR) is 93.8 cm³/mol. The molecule has 5 heteroatoms. The van der Waals surface area contributed by atoms with Gasteiger partial charge < -0.3 is 4.74 Å². The van der Waals surface area contributed by atoms with E-state index < -0.39 is 0 Å². The summed E-state index contributed by atoms with van der Waals surface area (Å²) in [5.41, 5.74) is 2.30. The fourth-order valence-electron chi connectivity index (χ4n) is 2.08. The normalized spacial score (nSPS) is 10.7. The van der Waals surface area contributed by atoms with E-state index >= 15 is 0 Å². The van der Waals surface area contributed by atoms with Gasteiger partial charge in [0, 0.05) is 11.3 Å². The second-order valence-electron chi connectivity index (χ2n) is 5.20. The molecule has 0 amide bonds. The molecule has 1 aromatic heterocycles. The summed E-state index contributed by atoms with van der Waals surface area (Å²) in [5, 5.41) is 8.03. The number of aromatic nitrogens is 3. The van der Waals surface area contributed by atoms with Crippen LogP contribution in [0.25, 0.3) is 11.4 Å². The second kappa shape index (κ2) is 7.83. The molecule has 0 aliphatic heterocycles. The number of hydrogen-bond donors (Lipinski definition) is 1. The van der Waals surface area contributed by atoms with Gasteiger partial charge in [-0.25, -0.2) is 4.98 Å². The molecule has 0 bridgehead atoms. The highest BCUT2D eigenvalue weighted by molar-refractivity contribution is 7.99. The molecule has 0 fully saturated rings. The maximum Gasteiger partial charge on any atom is 0.208 e. The zero-order valence-electron chi connectivity index (χ0n) is 13.0. The summed E-state index contributed by atoms with van der Waals surface area (Å²) in [7, 11) is 0. The zero-order valence-corrected chi connectivity index (χ0v) is 13.8. The van der Waals surface area contributed by atoms with Gasteiger partial charge in [0.2, 0.25) is 5.16 Å². The van der Waals surface area contributed by atoms with E-state index in [0.29, 0.717) is 6.61 Å². The average Bonchev–Trinajstić information content (AvgIpc) is 3.05. The van der Waals surface area contributed by atoms with Crippen LogP contribution in [-0.2, 0) is 0 Å². The first-order valence-electron chi connectivity index (χ1n) is 7.61. The van der Waals surface area contributed by atoms with Gasteiger partial charge in [-0.3, -0.25) is 5.10 Å². The molecule has 0 aliphatic carbocycles. The van der Waals surface area contributed by atoms with Crippen LogP contribution in [0.15, 0.2) is 59.8 Å². The summed E-state index contributed by atoms with van der Waals surface area (Å²) >= 11 is 1.64. The number of H-pyrrole nitrogens is 1. The Labute approximate surface area is 140 Å². The number of rotatable bonds is 7. The number of aryl methyl sites for hydroxylation is 1. The van der Waals surface area contributed by atoms with Crippen molar-refractivity contribution in [2.75, 3.05) is 12.4 Å². The molecule has 0 aliphatic rings. The van der Waals surface area contributed by atoms with Gasteiger partial charge in [-0.1, -0.05) is 59.8 Å². The maximum atomic E-state index is 5.67. The van der Waals surface area contributed by atoms with Crippen molar-refractivity contribution in [1.29, 1.82) is 0 Å². The molecule has 1 N–H and O–H groups in total. The van der Waals surface area contributed by atoms with Crippen molar-refractivity contribution in [3.8, 4) is 17.1 Å². The molecule has 3 aromatic rings. The van der Waals surface area contributed by atoms with Crippen molar-refractivity contribution in [2.24, 2.45) is 0 Å². The fourth-order valence-corrected chi connectivity index (χ4v) is 2.79. The highest BCUT2D eigenvalue weighted by Crippen LogP contribution is 2.20. The molecule has 0 saturated heterocycles. The number of ether oxygens (including phenoxy) is 1. The van der Waals surface area contributed by atoms with E-state index in [1.807, 2.05) is 30.3 Å². The summed E-state index contributed by atoms with van der Waals surface area (Å²) in [5.74, 6) is 2.66. The van der Waals surface area contributed by atoms with Crippen LogP contribution < -0.4 is 4.74 Å². The van der Waals surface area contributed by atoms with Gasteiger partial charge in [0.25, 0.3) is 0 Å². The first-order chi connectivity index (χ1) is 11.3. The largest absolute Gasteiger partial charge is 0.494 e. The zero-order chi connectivity index (χ0) is 15.9. The Balaban J connectivity index is 1.43. The van der Waals surface area contributed by atoms with Crippen molar-refractivity contribution >= 4 is 11.8 Å². The van der Waals surface area contributed by atoms with Gasteiger partial charge in [0.1, 0.15) is 5.75 Å². The van der Waals surface area contributed by atoms with E-state index in [-0.39, 0.29) is 0 Å². The lowest BCUT2D eigenvalue weighted by molar-refractivity contribution is 0.318. The molecule has 4 nitrogen and oxygen atoms in total. The maximum absolute atomic E-state index is 5.67. The van der Waals surface area contributed by atoms with Crippen LogP contribution in [0.1, 0.15) is 12.0 Å². The lowest BCUT2D eigenvalue weighted by Crippen LogP contribution is -1.98. The number of nitrogens with zero attached hydrogens (tertiary/aromatic N) is 2. The third-order valence-corrected chi connectivity index (χ3v) is 4.26. The molecule has 0 atom stereocenters. The van der Waals surface area contributed by atoms with Gasteiger partial charge in [0.05, 0.1) is 6.61 Å². The van der Waals surface area contributed by atoms with Crippen molar-refractivity contribution in [2.45, 2.75) is 18.5 Å². The Bertz CT molecular complexity index is 726. The summed E-state index contributed by atoms with van der Waals surface area (Å²) in [6.07, 6.45) is 0.952. The Morgan fingerprint density at radius 2 is 1.83 bits per heavy atom. The van der Waals surface area contributed by atoms with Crippen LogP contribution in [0, 0.1) is 6.92 Å². The van der Waals surface area contributed by atoms with Gasteiger partial charge >= 0.3 is 0 Å². The van der Waals surface area contributed by atoms with E-state index in [9.17, 15) is 0 Å². The van der Waals surface area contributed by atoms with Crippen LogP contribution in [0.5, 0.6) is 5.75 Å². The van der Waals surface area contributed by atoms with Gasteiger partial charge in [0.15, 0.2) is 5.82 Å². The Kier molecular flexibility index (Phi) is 5.32. The summed E-state index contributed by atoms with van der Waals surface area (Å²) in [4.78, 5) is 4.52. The Morgan fingerprint density at radius 3 is 2.61 bits per heavy atom. The van der Waals surface area contributed by atoms with E-state index in [4.69, 9.17) is 4.74 Å². The van der Waals surface area contributed by atoms with E-state index in [2.05, 4.69) is 46.4 Å². The standard InChI is InChI=1S/C18H19N3OS/c1-14-8-10-15(11-9-14)17-19-18(21-20-17)23-13-5-12-22-16-6-3-2-4-7-16/h2-4,6-11H,5,12-13H2,1H3,(H,19,20,21). The molecule has 0 saturated carbocycles. The quantitative estimate of drug-likeness (QED) is 0.518. The molecular formula is C18H19N3OS. The predicted octanol–water partition coefficient (Wildman–Crippen LogP) is 4.34. The third kappa shape index (κ3) is 4.60. The first-order valence-corrected chi connectivity index (χ1v) is 8.60. The van der Waals surface area contributed by atoms with Gasteiger partial charge in [-0.2, -0.15) is 0 Å². The Morgan fingerprint density at radius 1 is 1.04 bits per heavy atom. The number of nitrogens with one attached hydrogen (secondary N) is 1. The minimum Gasteiger partial charge on any atom is -0.494 e. The number of aromatic amines is 1. The second-order valence-corrected chi connectivity index (χ2v) is 6.26.